The van der Waals surface area contributed by atoms with Gasteiger partial charge in [-0.15, -0.1) is 0 Å². The molecule has 1 N–H and O–H groups in total. The molecule has 0 bridgehead atoms. The second kappa shape index (κ2) is 33.9. The Hall–Kier alpha value is -4.00. The number of unbranched alkanes of at least 4 members (excludes halogenated alkanes) is 1. The molecule has 6 heteroatoms. The number of rotatable bonds is 10. The molecule has 2 atom stereocenters. The molecule has 4 aromatic carbocycles. The molecule has 0 radical (unpaired) electrons. The smallest absolute Gasteiger partial charge is 0.119 e. The number of aromatic hydroxyl groups is 1. The van der Waals surface area contributed by atoms with Crippen molar-refractivity contribution in [3.8, 4) is 23.0 Å². The molecule has 2 aliphatic heterocycles. The van der Waals surface area contributed by atoms with Crippen molar-refractivity contribution in [3.05, 3.63) is 121 Å². The first-order valence-corrected chi connectivity index (χ1v) is 18.0. The molecule has 2 heterocycles. The second-order valence-electron chi connectivity index (χ2n) is 11.1. The van der Waals surface area contributed by atoms with Crippen LogP contribution in [0.4, 0.5) is 0 Å². The van der Waals surface area contributed by atoms with Gasteiger partial charge in [0, 0.05) is 0 Å². The first kappa shape index (κ1) is 45.0. The first-order chi connectivity index (χ1) is 24.0. The van der Waals surface area contributed by atoms with Gasteiger partial charge >= 0.3 is 0 Å². The lowest BCUT2D eigenvalue weighted by Crippen LogP contribution is -2.03. The van der Waals surface area contributed by atoms with E-state index < -0.39 is 0 Å². The van der Waals surface area contributed by atoms with Crippen LogP contribution in [0.5, 0.6) is 23.0 Å². The highest BCUT2D eigenvalue weighted by Gasteiger charge is 2.23. The number of phenols is 1. The normalized spacial score (nSPS) is 14.0. The summed E-state index contributed by atoms with van der Waals surface area (Å²) in [5.41, 5.74) is 0. The average molecular weight is 677 g/mol. The van der Waals surface area contributed by atoms with Crippen LogP contribution in [0.2, 0.25) is 0 Å². The largest absolute Gasteiger partial charge is 0.508 e. The van der Waals surface area contributed by atoms with E-state index in [2.05, 4.69) is 48.5 Å². The summed E-state index contributed by atoms with van der Waals surface area (Å²) < 4.78 is 26.3. The fourth-order valence-corrected chi connectivity index (χ4v) is 3.02. The number of hydrogen-bond donors (Lipinski definition) is 1. The van der Waals surface area contributed by atoms with E-state index in [-0.39, 0.29) is 0 Å². The maximum Gasteiger partial charge on any atom is 0.119 e. The third-order valence-electron chi connectivity index (χ3n) is 5.43. The van der Waals surface area contributed by atoms with Crippen LogP contribution in [0.25, 0.3) is 0 Å². The monoisotopic (exact) mass is 676 g/mol. The second-order valence-corrected chi connectivity index (χ2v) is 11.1. The van der Waals surface area contributed by atoms with Crippen molar-refractivity contribution >= 4 is 0 Å². The van der Waals surface area contributed by atoms with Gasteiger partial charge in [0.05, 0.1) is 19.8 Å². The molecule has 0 amide bonds. The van der Waals surface area contributed by atoms with Gasteiger partial charge in [-0.2, -0.15) is 0 Å². The lowest BCUT2D eigenvalue weighted by atomic mass is 10.3. The molecule has 6 nitrogen and oxygen atoms in total. The summed E-state index contributed by atoms with van der Waals surface area (Å²) in [4.78, 5) is 0. The Kier molecular flexibility index (Phi) is 31.1. The van der Waals surface area contributed by atoms with Gasteiger partial charge in [-0.25, -0.2) is 0 Å². The van der Waals surface area contributed by atoms with Crippen molar-refractivity contribution in [1.29, 1.82) is 0 Å². The molecular weight excluding hydrogens is 612 g/mol. The van der Waals surface area contributed by atoms with Crippen molar-refractivity contribution in [2.24, 2.45) is 0 Å². The summed E-state index contributed by atoms with van der Waals surface area (Å²) in [7, 11) is 0. The van der Waals surface area contributed by atoms with E-state index in [1.54, 1.807) is 24.3 Å². The Morgan fingerprint density at radius 1 is 0.490 bits per heavy atom. The summed E-state index contributed by atoms with van der Waals surface area (Å²) in [6.45, 7) is 18.8. The standard InChI is InChI=1S/C10H14O.2C9H10O2.C6H6O.3C3H8/c1-2-3-9-11-10-7-5-4-6-8-10;2*1-2-4-8(5-3-1)10-6-9-7-11-9;7-6-4-2-1-3-5-6;3*1-3-2/h4-8H,2-3,9H2,1H3;2*1-5,9H,6-7H2;1-5,7H;3*3H2,1-2H3. The van der Waals surface area contributed by atoms with E-state index in [4.69, 9.17) is 28.8 Å². The van der Waals surface area contributed by atoms with Gasteiger partial charge in [0.2, 0.25) is 0 Å². The maximum absolute atomic E-state index is 8.63. The van der Waals surface area contributed by atoms with Gasteiger partial charge in [-0.05, 0) is 55.0 Å². The number of epoxide rings is 2. The van der Waals surface area contributed by atoms with Crippen molar-refractivity contribution in [2.45, 2.75) is 92.8 Å². The number of ether oxygens (including phenoxy) is 5. The molecule has 6 rings (SSSR count). The Morgan fingerprint density at radius 2 is 0.776 bits per heavy atom. The van der Waals surface area contributed by atoms with Gasteiger partial charge in [0.1, 0.15) is 48.4 Å². The van der Waals surface area contributed by atoms with Gasteiger partial charge in [-0.1, -0.05) is 147 Å². The van der Waals surface area contributed by atoms with Gasteiger partial charge in [-0.3, -0.25) is 0 Å². The molecule has 2 saturated heterocycles. The zero-order valence-corrected chi connectivity index (χ0v) is 31.3. The van der Waals surface area contributed by atoms with Crippen LogP contribution in [0, 0.1) is 0 Å². The predicted octanol–water partition coefficient (Wildman–Crippen LogP) is 11.4. The quantitative estimate of drug-likeness (QED) is 0.133. The fourth-order valence-electron chi connectivity index (χ4n) is 3.02. The zero-order chi connectivity index (χ0) is 36.2. The molecule has 4 aromatic rings. The molecule has 2 unspecified atom stereocenters. The van der Waals surface area contributed by atoms with E-state index in [0.29, 0.717) is 31.2 Å². The minimum atomic E-state index is 0.322. The van der Waals surface area contributed by atoms with Crippen molar-refractivity contribution in [1.82, 2.24) is 0 Å². The molecular formula is C43H64O6. The van der Waals surface area contributed by atoms with Crippen molar-refractivity contribution in [3.63, 3.8) is 0 Å². The molecule has 2 aliphatic rings. The van der Waals surface area contributed by atoms with Crippen LogP contribution in [0.1, 0.15) is 80.6 Å². The van der Waals surface area contributed by atoms with Crippen molar-refractivity contribution in [2.75, 3.05) is 33.0 Å². The van der Waals surface area contributed by atoms with Gasteiger partial charge in [0.25, 0.3) is 0 Å². The topological polar surface area (TPSA) is 73.0 Å². The molecule has 2 fully saturated rings. The SMILES string of the molecule is CCC.CCC.CCC.CCCCOc1ccccc1.Oc1ccccc1.c1ccc(OCC2CO2)cc1.c1ccc(OCC2CO2)cc1. The van der Waals surface area contributed by atoms with Crippen LogP contribution in [0.3, 0.4) is 0 Å². The third-order valence-corrected chi connectivity index (χ3v) is 5.43. The molecule has 0 spiro atoms. The summed E-state index contributed by atoms with van der Waals surface area (Å²) in [5, 5.41) is 8.63. The van der Waals surface area contributed by atoms with Crippen LogP contribution in [-0.2, 0) is 9.47 Å². The number of hydrogen-bond acceptors (Lipinski definition) is 6. The van der Waals surface area contributed by atoms with Crippen LogP contribution < -0.4 is 14.2 Å². The lowest BCUT2D eigenvalue weighted by molar-refractivity contribution is 0.263. The molecule has 49 heavy (non-hydrogen) atoms. The minimum absolute atomic E-state index is 0.322. The third kappa shape index (κ3) is 32.3. The summed E-state index contributed by atoms with van der Waals surface area (Å²) in [6, 6.07) is 38.2. The zero-order valence-electron chi connectivity index (χ0n) is 31.3. The highest BCUT2D eigenvalue weighted by atomic mass is 16.6. The highest BCUT2D eigenvalue weighted by molar-refractivity contribution is 5.22. The van der Waals surface area contributed by atoms with Crippen LogP contribution >= 0.6 is 0 Å². The van der Waals surface area contributed by atoms with E-state index in [1.807, 2.05) is 97.1 Å². The molecule has 0 saturated carbocycles. The predicted molar refractivity (Wildman–Crippen MR) is 206 cm³/mol. The van der Waals surface area contributed by atoms with Gasteiger partial charge < -0.3 is 28.8 Å². The van der Waals surface area contributed by atoms with E-state index in [1.165, 1.54) is 25.7 Å². The Labute approximate surface area is 298 Å². The Balaban J connectivity index is 0.000000585. The minimum Gasteiger partial charge on any atom is -0.508 e. The Morgan fingerprint density at radius 3 is 1.02 bits per heavy atom. The average Bonchev–Trinajstić information content (AvgIpc) is 4.07. The summed E-state index contributed by atoms with van der Waals surface area (Å²) >= 11 is 0. The first-order valence-electron chi connectivity index (χ1n) is 18.0. The van der Waals surface area contributed by atoms with E-state index in [0.717, 1.165) is 43.5 Å². The summed E-state index contributed by atoms with van der Waals surface area (Å²) in [5.74, 6) is 3.13. The fraction of sp³-hybridized carbons (Fsp3) is 0.442. The van der Waals surface area contributed by atoms with E-state index in [9.17, 15) is 0 Å². The number of para-hydroxylation sites is 4. The lowest BCUT2D eigenvalue weighted by Gasteiger charge is -2.03. The maximum atomic E-state index is 8.63. The molecule has 0 aromatic heterocycles. The summed E-state index contributed by atoms with van der Waals surface area (Å²) in [6.07, 6.45) is 6.76. The highest BCUT2D eigenvalue weighted by Crippen LogP contribution is 2.14. The Bertz CT molecular complexity index is 1110. The van der Waals surface area contributed by atoms with Crippen LogP contribution in [-0.4, -0.2) is 50.3 Å². The number of benzene rings is 4. The number of phenolic OH excluding ortho intramolecular Hbond substituents is 1. The van der Waals surface area contributed by atoms with Gasteiger partial charge in [0.15, 0.2) is 0 Å². The molecule has 0 aliphatic carbocycles. The van der Waals surface area contributed by atoms with E-state index >= 15 is 0 Å². The van der Waals surface area contributed by atoms with Crippen LogP contribution in [0.15, 0.2) is 121 Å². The molecule has 272 valence electrons. The van der Waals surface area contributed by atoms with Crippen molar-refractivity contribution < 1.29 is 28.8 Å².